The van der Waals surface area contributed by atoms with Crippen LogP contribution in [0.5, 0.6) is 5.75 Å². The average molecular weight is 356 g/mol. The number of nitrogens with zero attached hydrogens (tertiary/aromatic N) is 1. The zero-order chi connectivity index (χ0) is 18.5. The second-order valence-electron chi connectivity index (χ2n) is 6.21. The standard InChI is InChI=1S/C20H21FN2O3/c1-26-18-9-8-16(21)11-17(18)20(25)22-12-14-5-2-3-6-15(14)13-23-10-4-7-19(23)24/h2-3,5-6,8-9,11H,4,7,10,12-13H2,1H3,(H,22,25). The molecule has 1 heterocycles. The molecule has 0 unspecified atom stereocenters. The molecule has 0 bridgehead atoms. The molecule has 3 rings (SSSR count). The van der Waals surface area contributed by atoms with Crippen molar-refractivity contribution in [2.45, 2.75) is 25.9 Å². The Labute approximate surface area is 151 Å². The summed E-state index contributed by atoms with van der Waals surface area (Å²) in [5.41, 5.74) is 2.07. The molecule has 1 saturated heterocycles. The summed E-state index contributed by atoms with van der Waals surface area (Å²) in [5, 5.41) is 2.80. The molecule has 0 atom stereocenters. The lowest BCUT2D eigenvalue weighted by Crippen LogP contribution is -2.27. The van der Waals surface area contributed by atoms with Gasteiger partial charge >= 0.3 is 0 Å². The number of hydrogen-bond donors (Lipinski definition) is 1. The fourth-order valence-corrected chi connectivity index (χ4v) is 3.09. The van der Waals surface area contributed by atoms with Crippen molar-refractivity contribution in [3.8, 4) is 5.75 Å². The molecule has 1 aliphatic rings. The molecule has 0 spiro atoms. The summed E-state index contributed by atoms with van der Waals surface area (Å²) >= 11 is 0. The van der Waals surface area contributed by atoms with E-state index >= 15 is 0 Å². The Morgan fingerprint density at radius 1 is 1.23 bits per heavy atom. The summed E-state index contributed by atoms with van der Waals surface area (Å²) in [6.45, 7) is 1.59. The van der Waals surface area contributed by atoms with E-state index < -0.39 is 11.7 Å². The summed E-state index contributed by atoms with van der Waals surface area (Å²) < 4.78 is 18.6. The van der Waals surface area contributed by atoms with Gasteiger partial charge in [-0.2, -0.15) is 0 Å². The molecule has 0 saturated carbocycles. The number of likely N-dealkylation sites (tertiary alicyclic amines) is 1. The molecule has 1 N–H and O–H groups in total. The van der Waals surface area contributed by atoms with Crippen LogP contribution in [0.15, 0.2) is 42.5 Å². The molecule has 136 valence electrons. The first-order valence-electron chi connectivity index (χ1n) is 8.55. The molecule has 2 aromatic carbocycles. The highest BCUT2D eigenvalue weighted by Gasteiger charge is 2.21. The molecule has 6 heteroatoms. The Bertz CT molecular complexity index is 822. The number of hydrogen-bond acceptors (Lipinski definition) is 3. The highest BCUT2D eigenvalue weighted by atomic mass is 19.1. The third kappa shape index (κ3) is 4.02. The van der Waals surface area contributed by atoms with Crippen molar-refractivity contribution in [3.63, 3.8) is 0 Å². The van der Waals surface area contributed by atoms with Crippen molar-refractivity contribution in [1.82, 2.24) is 10.2 Å². The maximum absolute atomic E-state index is 13.5. The summed E-state index contributed by atoms with van der Waals surface area (Å²) in [4.78, 5) is 26.1. The van der Waals surface area contributed by atoms with Gasteiger partial charge in [-0.05, 0) is 35.7 Å². The molecule has 0 aromatic heterocycles. The van der Waals surface area contributed by atoms with Gasteiger partial charge in [-0.25, -0.2) is 4.39 Å². The Hall–Kier alpha value is -2.89. The van der Waals surface area contributed by atoms with E-state index in [-0.39, 0.29) is 18.0 Å². The minimum atomic E-state index is -0.496. The van der Waals surface area contributed by atoms with E-state index in [0.29, 0.717) is 18.7 Å². The van der Waals surface area contributed by atoms with E-state index in [2.05, 4.69) is 5.32 Å². The van der Waals surface area contributed by atoms with E-state index in [0.717, 1.165) is 30.2 Å². The van der Waals surface area contributed by atoms with Crippen LogP contribution in [0, 0.1) is 5.82 Å². The topological polar surface area (TPSA) is 58.6 Å². The number of benzene rings is 2. The largest absolute Gasteiger partial charge is 0.496 e. The van der Waals surface area contributed by atoms with E-state index in [1.54, 1.807) is 0 Å². The zero-order valence-electron chi connectivity index (χ0n) is 14.6. The third-order valence-corrected chi connectivity index (χ3v) is 4.50. The lowest BCUT2D eigenvalue weighted by atomic mass is 10.1. The predicted octanol–water partition coefficient (Wildman–Crippen LogP) is 2.89. The number of nitrogens with one attached hydrogen (secondary N) is 1. The zero-order valence-corrected chi connectivity index (χ0v) is 14.6. The Kier molecular flexibility index (Phi) is 5.51. The first-order valence-corrected chi connectivity index (χ1v) is 8.55. The first kappa shape index (κ1) is 17.9. The lowest BCUT2D eigenvalue weighted by molar-refractivity contribution is -0.128. The van der Waals surface area contributed by atoms with Gasteiger partial charge in [-0.15, -0.1) is 0 Å². The number of rotatable bonds is 6. The van der Waals surface area contributed by atoms with Crippen molar-refractivity contribution in [2.75, 3.05) is 13.7 Å². The highest BCUT2D eigenvalue weighted by Crippen LogP contribution is 2.20. The van der Waals surface area contributed by atoms with Gasteiger partial charge in [0.25, 0.3) is 5.91 Å². The van der Waals surface area contributed by atoms with Gasteiger partial charge in [-0.3, -0.25) is 9.59 Å². The van der Waals surface area contributed by atoms with Gasteiger partial charge in [0.15, 0.2) is 0 Å². The van der Waals surface area contributed by atoms with Crippen molar-refractivity contribution in [2.24, 2.45) is 0 Å². The van der Waals surface area contributed by atoms with Gasteiger partial charge < -0.3 is 15.0 Å². The molecule has 2 aromatic rings. The van der Waals surface area contributed by atoms with Gasteiger partial charge in [0, 0.05) is 26.1 Å². The molecule has 5 nitrogen and oxygen atoms in total. The van der Waals surface area contributed by atoms with Crippen LogP contribution in [0.2, 0.25) is 0 Å². The molecule has 26 heavy (non-hydrogen) atoms. The Morgan fingerprint density at radius 2 is 2.00 bits per heavy atom. The molecule has 1 aliphatic heterocycles. The number of ether oxygens (including phenoxy) is 1. The van der Waals surface area contributed by atoms with Crippen molar-refractivity contribution >= 4 is 11.8 Å². The van der Waals surface area contributed by atoms with Crippen LogP contribution in [0.1, 0.15) is 34.3 Å². The average Bonchev–Trinajstić information content (AvgIpc) is 3.05. The number of carbonyl (C=O) groups is 2. The number of amides is 2. The number of halogens is 1. The maximum atomic E-state index is 13.5. The number of methoxy groups -OCH3 is 1. The smallest absolute Gasteiger partial charge is 0.255 e. The molecule has 0 aliphatic carbocycles. The van der Waals surface area contributed by atoms with Crippen LogP contribution in [0.3, 0.4) is 0 Å². The normalized spacial score (nSPS) is 13.8. The summed E-state index contributed by atoms with van der Waals surface area (Å²) in [6.07, 6.45) is 1.48. The van der Waals surface area contributed by atoms with E-state index in [9.17, 15) is 14.0 Å². The molecule has 2 amide bonds. The molecule has 1 fully saturated rings. The summed E-state index contributed by atoms with van der Waals surface area (Å²) in [7, 11) is 1.44. The van der Waals surface area contributed by atoms with Crippen molar-refractivity contribution in [1.29, 1.82) is 0 Å². The number of carbonyl (C=O) groups excluding carboxylic acids is 2. The van der Waals surface area contributed by atoms with Crippen LogP contribution in [0.25, 0.3) is 0 Å². The molecular formula is C20H21FN2O3. The fraction of sp³-hybridized carbons (Fsp3) is 0.300. The van der Waals surface area contributed by atoms with E-state index in [1.165, 1.54) is 19.2 Å². The minimum Gasteiger partial charge on any atom is -0.496 e. The molecule has 0 radical (unpaired) electrons. The maximum Gasteiger partial charge on any atom is 0.255 e. The van der Waals surface area contributed by atoms with E-state index in [4.69, 9.17) is 4.74 Å². The van der Waals surface area contributed by atoms with Gasteiger partial charge in [-0.1, -0.05) is 24.3 Å². The molecular weight excluding hydrogens is 335 g/mol. The Morgan fingerprint density at radius 3 is 2.69 bits per heavy atom. The monoisotopic (exact) mass is 356 g/mol. The second kappa shape index (κ2) is 7.99. The van der Waals surface area contributed by atoms with Crippen molar-refractivity contribution < 1.29 is 18.7 Å². The van der Waals surface area contributed by atoms with Gasteiger partial charge in [0.2, 0.25) is 5.91 Å². The van der Waals surface area contributed by atoms with Crippen molar-refractivity contribution in [3.05, 3.63) is 65.0 Å². The first-order chi connectivity index (χ1) is 12.6. The predicted molar refractivity (Wildman–Crippen MR) is 95.2 cm³/mol. The van der Waals surface area contributed by atoms with Crippen LogP contribution >= 0.6 is 0 Å². The lowest BCUT2D eigenvalue weighted by Gasteiger charge is -2.18. The van der Waals surface area contributed by atoms with Gasteiger partial charge in [0.1, 0.15) is 11.6 Å². The fourth-order valence-electron chi connectivity index (χ4n) is 3.09. The third-order valence-electron chi connectivity index (χ3n) is 4.50. The van der Waals surface area contributed by atoms with E-state index in [1.807, 2.05) is 29.2 Å². The SMILES string of the molecule is COc1ccc(F)cc1C(=O)NCc1ccccc1CN1CCCC1=O. The Balaban J connectivity index is 1.71. The van der Waals surface area contributed by atoms with Crippen LogP contribution in [0.4, 0.5) is 4.39 Å². The summed E-state index contributed by atoms with van der Waals surface area (Å²) in [6, 6.07) is 11.5. The van der Waals surface area contributed by atoms with Crippen LogP contribution in [-0.4, -0.2) is 30.4 Å². The minimum absolute atomic E-state index is 0.153. The van der Waals surface area contributed by atoms with Crippen LogP contribution in [-0.2, 0) is 17.9 Å². The highest BCUT2D eigenvalue weighted by molar-refractivity contribution is 5.96. The second-order valence-corrected chi connectivity index (χ2v) is 6.21. The summed E-state index contributed by atoms with van der Waals surface area (Å²) in [5.74, 6) is -0.425. The quantitative estimate of drug-likeness (QED) is 0.866. The van der Waals surface area contributed by atoms with Crippen LogP contribution < -0.4 is 10.1 Å². The van der Waals surface area contributed by atoms with Gasteiger partial charge in [0.05, 0.1) is 12.7 Å².